The highest BCUT2D eigenvalue weighted by molar-refractivity contribution is 6.31. The number of fused-ring (bicyclic) bond motifs is 2. The summed E-state index contributed by atoms with van der Waals surface area (Å²) in [5, 5.41) is 10.5. The van der Waals surface area contributed by atoms with E-state index in [1.807, 2.05) is 36.1 Å². The molecule has 2 aliphatic heterocycles. The van der Waals surface area contributed by atoms with Crippen molar-refractivity contribution in [2.24, 2.45) is 0 Å². The average Bonchev–Trinajstić information content (AvgIpc) is 2.72. The molecule has 2 saturated heterocycles. The first-order valence-corrected chi connectivity index (χ1v) is 7.87. The van der Waals surface area contributed by atoms with E-state index in [1.54, 1.807) is 6.08 Å². The Morgan fingerprint density at radius 3 is 2.62 bits per heavy atom. The van der Waals surface area contributed by atoms with Gasteiger partial charge in [0.2, 0.25) is 5.91 Å². The molecule has 4 heteroatoms. The van der Waals surface area contributed by atoms with Crippen LogP contribution in [0.1, 0.15) is 36.8 Å². The Kier molecular flexibility index (Phi) is 4.05. The minimum absolute atomic E-state index is 0.0473. The molecular formula is C17H20ClNO2. The molecule has 0 aromatic heterocycles. The van der Waals surface area contributed by atoms with Crippen LogP contribution in [0.3, 0.4) is 0 Å². The van der Waals surface area contributed by atoms with Gasteiger partial charge in [-0.3, -0.25) is 4.79 Å². The Labute approximate surface area is 130 Å². The zero-order chi connectivity index (χ0) is 15.0. The highest BCUT2D eigenvalue weighted by atomic mass is 35.5. The van der Waals surface area contributed by atoms with E-state index in [0.717, 1.165) is 24.0 Å². The zero-order valence-corrected chi connectivity index (χ0v) is 12.9. The smallest absolute Gasteiger partial charge is 0.247 e. The van der Waals surface area contributed by atoms with Gasteiger partial charge in [-0.2, -0.15) is 0 Å². The number of rotatable bonds is 2. The third-order valence-corrected chi connectivity index (χ3v) is 4.98. The van der Waals surface area contributed by atoms with Crippen molar-refractivity contribution in [3.05, 3.63) is 40.4 Å². The molecule has 0 radical (unpaired) electrons. The molecule has 112 valence electrons. The standard InChI is InChI=1S/C17H20ClNO2/c1-11-2-3-12(8-16(11)18)4-7-17(21)19-13-5-6-14(19)10-15(20)9-13/h2-4,7-8,13-15,20H,5-6,9-10H2,1H3. The van der Waals surface area contributed by atoms with Gasteiger partial charge in [-0.15, -0.1) is 0 Å². The molecule has 0 spiro atoms. The number of piperidine rings is 1. The van der Waals surface area contributed by atoms with Crippen LogP contribution < -0.4 is 0 Å². The summed E-state index contributed by atoms with van der Waals surface area (Å²) in [7, 11) is 0. The number of aryl methyl sites for hydroxylation is 1. The van der Waals surface area contributed by atoms with Gasteiger partial charge in [0.25, 0.3) is 0 Å². The number of carbonyl (C=O) groups excluding carboxylic acids is 1. The molecule has 2 unspecified atom stereocenters. The monoisotopic (exact) mass is 305 g/mol. The summed E-state index contributed by atoms with van der Waals surface area (Å²) in [6.45, 7) is 1.96. The molecule has 2 fully saturated rings. The maximum absolute atomic E-state index is 12.4. The summed E-state index contributed by atoms with van der Waals surface area (Å²) in [4.78, 5) is 14.4. The van der Waals surface area contributed by atoms with Crippen molar-refractivity contribution >= 4 is 23.6 Å². The van der Waals surface area contributed by atoms with E-state index in [9.17, 15) is 9.90 Å². The van der Waals surface area contributed by atoms with Crippen molar-refractivity contribution < 1.29 is 9.90 Å². The maximum Gasteiger partial charge on any atom is 0.247 e. The Morgan fingerprint density at radius 2 is 2.00 bits per heavy atom. The largest absolute Gasteiger partial charge is 0.393 e. The Hall–Kier alpha value is -1.32. The summed E-state index contributed by atoms with van der Waals surface area (Å²) in [6, 6.07) is 6.19. The molecule has 0 saturated carbocycles. The van der Waals surface area contributed by atoms with Crippen LogP contribution in [0.2, 0.25) is 5.02 Å². The molecule has 2 bridgehead atoms. The fraction of sp³-hybridized carbons (Fsp3) is 0.471. The Bertz CT molecular complexity index is 570. The molecule has 0 aliphatic carbocycles. The topological polar surface area (TPSA) is 40.5 Å². The molecule has 1 aromatic rings. The second kappa shape index (κ2) is 5.82. The van der Waals surface area contributed by atoms with Gasteiger partial charge in [-0.05, 0) is 55.9 Å². The quantitative estimate of drug-likeness (QED) is 0.853. The number of nitrogens with zero attached hydrogens (tertiary/aromatic N) is 1. The van der Waals surface area contributed by atoms with Crippen molar-refractivity contribution in [3.63, 3.8) is 0 Å². The molecule has 1 N–H and O–H groups in total. The van der Waals surface area contributed by atoms with Crippen LogP contribution in [0.4, 0.5) is 0 Å². The minimum atomic E-state index is -0.244. The van der Waals surface area contributed by atoms with Crippen molar-refractivity contribution in [2.75, 3.05) is 0 Å². The normalized spacial score (nSPS) is 28.3. The van der Waals surface area contributed by atoms with E-state index in [4.69, 9.17) is 11.6 Å². The van der Waals surface area contributed by atoms with Gasteiger partial charge < -0.3 is 10.0 Å². The van der Waals surface area contributed by atoms with Crippen molar-refractivity contribution in [3.8, 4) is 0 Å². The number of amides is 1. The predicted octanol–water partition coefficient (Wildman–Crippen LogP) is 3.18. The van der Waals surface area contributed by atoms with Crippen LogP contribution in [0.15, 0.2) is 24.3 Å². The maximum atomic E-state index is 12.4. The van der Waals surface area contributed by atoms with Gasteiger partial charge in [0.15, 0.2) is 0 Å². The summed E-state index contributed by atoms with van der Waals surface area (Å²) in [5.41, 5.74) is 1.96. The summed E-state index contributed by atoms with van der Waals surface area (Å²) < 4.78 is 0. The number of halogens is 1. The molecule has 3 rings (SSSR count). The van der Waals surface area contributed by atoms with E-state index in [-0.39, 0.29) is 24.1 Å². The number of hydrogen-bond acceptors (Lipinski definition) is 2. The van der Waals surface area contributed by atoms with Gasteiger partial charge in [-0.1, -0.05) is 23.7 Å². The average molecular weight is 306 g/mol. The van der Waals surface area contributed by atoms with Crippen LogP contribution in [-0.4, -0.2) is 34.1 Å². The molecule has 2 heterocycles. The molecule has 21 heavy (non-hydrogen) atoms. The number of aliphatic hydroxyl groups is 1. The molecular weight excluding hydrogens is 286 g/mol. The van der Waals surface area contributed by atoms with E-state index in [1.165, 1.54) is 0 Å². The van der Waals surface area contributed by atoms with E-state index >= 15 is 0 Å². The first kappa shape index (κ1) is 14.6. The zero-order valence-electron chi connectivity index (χ0n) is 12.1. The predicted molar refractivity (Wildman–Crippen MR) is 84.1 cm³/mol. The van der Waals surface area contributed by atoms with Gasteiger partial charge >= 0.3 is 0 Å². The first-order chi connectivity index (χ1) is 10.0. The Morgan fingerprint density at radius 1 is 1.33 bits per heavy atom. The third-order valence-electron chi connectivity index (χ3n) is 4.58. The van der Waals surface area contributed by atoms with Crippen LogP contribution in [0.25, 0.3) is 6.08 Å². The second-order valence-electron chi connectivity index (χ2n) is 6.10. The molecule has 1 amide bonds. The lowest BCUT2D eigenvalue weighted by molar-refractivity contribution is -0.131. The van der Waals surface area contributed by atoms with E-state index in [2.05, 4.69) is 0 Å². The van der Waals surface area contributed by atoms with Gasteiger partial charge in [-0.25, -0.2) is 0 Å². The SMILES string of the molecule is Cc1ccc(C=CC(=O)N2C3CCC2CC(O)C3)cc1Cl. The van der Waals surface area contributed by atoms with Crippen LogP contribution in [0, 0.1) is 6.92 Å². The molecule has 1 aromatic carbocycles. The number of aliphatic hydroxyl groups excluding tert-OH is 1. The summed E-state index contributed by atoms with van der Waals surface area (Å²) in [6.07, 6.45) is 6.66. The van der Waals surface area contributed by atoms with Gasteiger partial charge in [0, 0.05) is 23.2 Å². The lowest BCUT2D eigenvalue weighted by Gasteiger charge is -2.36. The highest BCUT2D eigenvalue weighted by Gasteiger charge is 2.41. The van der Waals surface area contributed by atoms with Crippen molar-refractivity contribution in [2.45, 2.75) is 50.8 Å². The number of carbonyl (C=O) groups is 1. The van der Waals surface area contributed by atoms with E-state index in [0.29, 0.717) is 17.9 Å². The van der Waals surface area contributed by atoms with E-state index < -0.39 is 0 Å². The van der Waals surface area contributed by atoms with Crippen LogP contribution >= 0.6 is 11.6 Å². The number of benzene rings is 1. The summed E-state index contributed by atoms with van der Waals surface area (Å²) >= 11 is 6.09. The first-order valence-electron chi connectivity index (χ1n) is 7.49. The van der Waals surface area contributed by atoms with Crippen LogP contribution in [-0.2, 0) is 4.79 Å². The van der Waals surface area contributed by atoms with Crippen LogP contribution in [0.5, 0.6) is 0 Å². The fourth-order valence-electron chi connectivity index (χ4n) is 3.47. The third kappa shape index (κ3) is 2.99. The lowest BCUT2D eigenvalue weighted by Crippen LogP contribution is -2.47. The van der Waals surface area contributed by atoms with Crippen molar-refractivity contribution in [1.29, 1.82) is 0 Å². The fourth-order valence-corrected chi connectivity index (χ4v) is 3.66. The molecule has 2 atom stereocenters. The highest BCUT2D eigenvalue weighted by Crippen LogP contribution is 2.35. The number of hydrogen-bond donors (Lipinski definition) is 1. The summed E-state index contributed by atoms with van der Waals surface area (Å²) in [5.74, 6) is 0.0473. The molecule has 3 nitrogen and oxygen atoms in total. The van der Waals surface area contributed by atoms with Gasteiger partial charge in [0.05, 0.1) is 6.10 Å². The van der Waals surface area contributed by atoms with Gasteiger partial charge in [0.1, 0.15) is 0 Å². The minimum Gasteiger partial charge on any atom is -0.393 e. The van der Waals surface area contributed by atoms with Crippen molar-refractivity contribution in [1.82, 2.24) is 4.90 Å². The lowest BCUT2D eigenvalue weighted by atomic mass is 10.00. The second-order valence-corrected chi connectivity index (χ2v) is 6.50. The Balaban J connectivity index is 1.71. The molecule has 2 aliphatic rings.